The Morgan fingerprint density at radius 3 is 2.75 bits per heavy atom. The van der Waals surface area contributed by atoms with Gasteiger partial charge in [-0.15, -0.1) is 0 Å². The number of nitrogens with zero attached hydrogens (tertiary/aromatic N) is 2. The van der Waals surface area contributed by atoms with E-state index >= 15 is 0 Å². The Balaban J connectivity index is 2.94. The highest BCUT2D eigenvalue weighted by Crippen LogP contribution is 2.06. The Labute approximate surface area is 93.3 Å². The van der Waals surface area contributed by atoms with E-state index < -0.39 is 11.9 Å². The van der Waals surface area contributed by atoms with Crippen LogP contribution in [0.1, 0.15) is 41.1 Å². The molecule has 6 heteroatoms. The molecule has 0 fully saturated rings. The van der Waals surface area contributed by atoms with Crippen LogP contribution in [0.5, 0.6) is 0 Å². The smallest absolute Gasteiger partial charge is 0.339 e. The molecule has 0 spiro atoms. The van der Waals surface area contributed by atoms with Crippen molar-refractivity contribution in [2.75, 3.05) is 0 Å². The van der Waals surface area contributed by atoms with Gasteiger partial charge in [-0.3, -0.25) is 9.48 Å². The van der Waals surface area contributed by atoms with Crippen LogP contribution in [0, 0.1) is 0 Å². The lowest BCUT2D eigenvalue weighted by atomic mass is 10.2. The van der Waals surface area contributed by atoms with E-state index in [1.165, 1.54) is 10.9 Å². The lowest BCUT2D eigenvalue weighted by Crippen LogP contribution is -2.33. The summed E-state index contributed by atoms with van der Waals surface area (Å²) in [5.74, 6) is -1.60. The number of rotatable bonds is 4. The normalized spacial score (nSPS) is 12.2. The molecule has 1 atom stereocenters. The highest BCUT2D eigenvalue weighted by Gasteiger charge is 2.21. The van der Waals surface area contributed by atoms with E-state index in [0.29, 0.717) is 0 Å². The molecule has 0 saturated heterocycles. The molecule has 2 N–H and O–H groups in total. The maximum absolute atomic E-state index is 11.7. The first-order valence-electron chi connectivity index (χ1n) is 5.03. The number of hydrogen-bond donors (Lipinski definition) is 2. The van der Waals surface area contributed by atoms with Gasteiger partial charge in [-0.25, -0.2) is 4.79 Å². The van der Waals surface area contributed by atoms with Crippen LogP contribution in [-0.2, 0) is 7.05 Å². The molecule has 0 aliphatic heterocycles. The lowest BCUT2D eigenvalue weighted by molar-refractivity contribution is 0.0690. The average molecular weight is 225 g/mol. The number of nitrogens with one attached hydrogen (secondary N) is 1. The summed E-state index contributed by atoms with van der Waals surface area (Å²) in [4.78, 5) is 22.6. The molecule has 0 aliphatic carbocycles. The van der Waals surface area contributed by atoms with Gasteiger partial charge in [-0.2, -0.15) is 5.10 Å². The van der Waals surface area contributed by atoms with E-state index in [1.807, 2.05) is 13.8 Å². The van der Waals surface area contributed by atoms with Crippen LogP contribution in [0.25, 0.3) is 0 Å². The van der Waals surface area contributed by atoms with Gasteiger partial charge in [0.25, 0.3) is 5.91 Å². The third-order valence-electron chi connectivity index (χ3n) is 2.26. The third kappa shape index (κ3) is 2.59. The minimum absolute atomic E-state index is 0.00356. The monoisotopic (exact) mass is 225 g/mol. The molecule has 1 rings (SSSR count). The van der Waals surface area contributed by atoms with Gasteiger partial charge in [0.05, 0.1) is 0 Å². The van der Waals surface area contributed by atoms with Crippen LogP contribution >= 0.6 is 0 Å². The van der Waals surface area contributed by atoms with Crippen molar-refractivity contribution in [1.29, 1.82) is 0 Å². The van der Waals surface area contributed by atoms with Crippen molar-refractivity contribution >= 4 is 11.9 Å². The fourth-order valence-corrected chi connectivity index (χ4v) is 1.21. The number of aryl methyl sites for hydroxylation is 1. The average Bonchev–Trinajstić information content (AvgIpc) is 2.60. The fraction of sp³-hybridized carbons (Fsp3) is 0.500. The van der Waals surface area contributed by atoms with Crippen molar-refractivity contribution in [3.05, 3.63) is 17.5 Å². The molecule has 1 aromatic heterocycles. The number of carboxylic acid groups (broad SMARTS) is 1. The Hall–Kier alpha value is -1.85. The Kier molecular flexibility index (Phi) is 3.65. The molecule has 0 radical (unpaired) electrons. The Bertz CT molecular complexity index is 411. The molecule has 1 heterocycles. The molecular formula is C10H15N3O3. The number of carbonyl (C=O) groups excluding carboxylic acids is 1. The summed E-state index contributed by atoms with van der Waals surface area (Å²) < 4.78 is 1.31. The number of aromatic nitrogens is 2. The second-order valence-corrected chi connectivity index (χ2v) is 3.65. The van der Waals surface area contributed by atoms with E-state index in [9.17, 15) is 9.59 Å². The van der Waals surface area contributed by atoms with Gasteiger partial charge in [-0.1, -0.05) is 6.92 Å². The van der Waals surface area contributed by atoms with Crippen LogP contribution in [-0.4, -0.2) is 32.8 Å². The highest BCUT2D eigenvalue weighted by atomic mass is 16.4. The van der Waals surface area contributed by atoms with Crippen LogP contribution in [0.15, 0.2) is 6.20 Å². The zero-order valence-corrected chi connectivity index (χ0v) is 9.52. The minimum atomic E-state index is -1.15. The maximum Gasteiger partial charge on any atom is 0.339 e. The molecule has 0 saturated carbocycles. The van der Waals surface area contributed by atoms with Crippen LogP contribution in [0.3, 0.4) is 0 Å². The van der Waals surface area contributed by atoms with E-state index in [0.717, 1.165) is 6.42 Å². The Morgan fingerprint density at radius 1 is 1.62 bits per heavy atom. The summed E-state index contributed by atoms with van der Waals surface area (Å²) in [6, 6.07) is -0.00356. The summed E-state index contributed by atoms with van der Waals surface area (Å²) in [7, 11) is 1.58. The molecule has 0 bridgehead atoms. The van der Waals surface area contributed by atoms with Gasteiger partial charge in [0, 0.05) is 19.3 Å². The summed E-state index contributed by atoms with van der Waals surface area (Å²) in [6.45, 7) is 3.78. The minimum Gasteiger partial charge on any atom is -0.478 e. The van der Waals surface area contributed by atoms with Crippen molar-refractivity contribution in [2.45, 2.75) is 26.3 Å². The van der Waals surface area contributed by atoms with E-state index in [1.54, 1.807) is 7.05 Å². The topological polar surface area (TPSA) is 84.2 Å². The third-order valence-corrected chi connectivity index (χ3v) is 2.26. The van der Waals surface area contributed by atoms with Crippen molar-refractivity contribution in [1.82, 2.24) is 15.1 Å². The maximum atomic E-state index is 11.7. The summed E-state index contributed by atoms with van der Waals surface area (Å²) in [5.41, 5.74) is -0.126. The lowest BCUT2D eigenvalue weighted by Gasteiger charge is -2.09. The predicted molar refractivity (Wildman–Crippen MR) is 57.4 cm³/mol. The molecule has 6 nitrogen and oxygen atoms in total. The van der Waals surface area contributed by atoms with Crippen molar-refractivity contribution in [2.24, 2.45) is 7.05 Å². The van der Waals surface area contributed by atoms with E-state index in [-0.39, 0.29) is 17.3 Å². The van der Waals surface area contributed by atoms with Gasteiger partial charge in [0.2, 0.25) is 0 Å². The number of aromatic carboxylic acids is 1. The zero-order valence-electron chi connectivity index (χ0n) is 9.52. The first-order chi connectivity index (χ1) is 7.45. The van der Waals surface area contributed by atoms with Gasteiger partial charge < -0.3 is 10.4 Å². The van der Waals surface area contributed by atoms with Gasteiger partial charge in [-0.05, 0) is 13.3 Å². The first kappa shape index (κ1) is 12.2. The summed E-state index contributed by atoms with van der Waals surface area (Å²) in [6.07, 6.45) is 2.09. The summed E-state index contributed by atoms with van der Waals surface area (Å²) >= 11 is 0. The van der Waals surface area contributed by atoms with Gasteiger partial charge >= 0.3 is 5.97 Å². The van der Waals surface area contributed by atoms with Crippen molar-refractivity contribution in [3.8, 4) is 0 Å². The molecule has 88 valence electrons. The predicted octanol–water partition coefficient (Wildman–Crippen LogP) is 0.647. The molecule has 1 amide bonds. The zero-order chi connectivity index (χ0) is 12.3. The van der Waals surface area contributed by atoms with Gasteiger partial charge in [0.1, 0.15) is 5.56 Å². The second-order valence-electron chi connectivity index (χ2n) is 3.65. The number of hydrogen-bond acceptors (Lipinski definition) is 3. The van der Waals surface area contributed by atoms with Crippen LogP contribution in [0.4, 0.5) is 0 Å². The summed E-state index contributed by atoms with van der Waals surface area (Å²) in [5, 5.41) is 15.4. The molecule has 16 heavy (non-hydrogen) atoms. The number of amides is 1. The highest BCUT2D eigenvalue weighted by molar-refractivity contribution is 6.03. The Morgan fingerprint density at radius 2 is 2.25 bits per heavy atom. The number of carboxylic acids is 1. The SMILES string of the molecule is CC[C@@H](C)NC(=O)c1nn(C)cc1C(=O)O. The fourth-order valence-electron chi connectivity index (χ4n) is 1.21. The van der Waals surface area contributed by atoms with Crippen molar-refractivity contribution in [3.63, 3.8) is 0 Å². The largest absolute Gasteiger partial charge is 0.478 e. The van der Waals surface area contributed by atoms with Crippen LogP contribution in [0.2, 0.25) is 0 Å². The molecule has 0 aliphatic rings. The molecule has 0 unspecified atom stereocenters. The van der Waals surface area contributed by atoms with E-state index in [2.05, 4.69) is 10.4 Å². The molecule has 1 aromatic rings. The van der Waals surface area contributed by atoms with E-state index in [4.69, 9.17) is 5.11 Å². The molecule has 0 aromatic carbocycles. The second kappa shape index (κ2) is 4.78. The number of carbonyl (C=O) groups is 2. The first-order valence-corrected chi connectivity index (χ1v) is 5.03. The van der Waals surface area contributed by atoms with Gasteiger partial charge in [0.15, 0.2) is 5.69 Å². The standard InChI is InChI=1S/C10H15N3O3/c1-4-6(2)11-9(14)8-7(10(15)16)5-13(3)12-8/h5-6H,4H2,1-3H3,(H,11,14)(H,15,16)/t6-/m1/s1. The quantitative estimate of drug-likeness (QED) is 0.787. The van der Waals surface area contributed by atoms with Crippen molar-refractivity contribution < 1.29 is 14.7 Å². The van der Waals surface area contributed by atoms with Crippen LogP contribution < -0.4 is 5.32 Å². The molecular weight excluding hydrogens is 210 g/mol.